The van der Waals surface area contributed by atoms with Crippen molar-refractivity contribution in [1.82, 2.24) is 0 Å². The average molecular weight is 611 g/mol. The Bertz CT molecular complexity index is 1200. The van der Waals surface area contributed by atoms with Gasteiger partial charge in [0.2, 0.25) is 0 Å². The van der Waals surface area contributed by atoms with E-state index in [1.807, 2.05) is 121 Å². The van der Waals surface area contributed by atoms with Crippen molar-refractivity contribution >= 4 is 23.8 Å². The first kappa shape index (κ1) is 29.4. The lowest BCUT2D eigenvalue weighted by Crippen LogP contribution is -2.36. The number of benzene rings is 4. The van der Waals surface area contributed by atoms with Gasteiger partial charge in [-0.3, -0.25) is 13.6 Å². The highest BCUT2D eigenvalue weighted by Gasteiger charge is 2.38. The number of alkyl halides is 1. The second kappa shape index (κ2) is 14.7. The fraction of sp³-hybridized carbons (Fsp3) is 0.226. The molecule has 4 rings (SSSR count). The molecule has 0 aliphatic rings. The van der Waals surface area contributed by atoms with E-state index in [4.69, 9.17) is 18.3 Å². The number of aliphatic hydroxyl groups is 1. The number of hydrogen-bond acceptors (Lipinski definition) is 6. The van der Waals surface area contributed by atoms with Crippen LogP contribution in [-0.2, 0) is 35.1 Å². The predicted octanol–water partition coefficient (Wildman–Crippen LogP) is 7.11. The lowest BCUT2D eigenvalue weighted by molar-refractivity contribution is -0.0536. The van der Waals surface area contributed by atoms with E-state index in [0.29, 0.717) is 5.33 Å². The van der Waals surface area contributed by atoms with Gasteiger partial charge >= 0.3 is 7.82 Å². The molecule has 39 heavy (non-hydrogen) atoms. The topological polar surface area (TPSA) is 74.2 Å². The van der Waals surface area contributed by atoms with Gasteiger partial charge in [-0.2, -0.15) is 0 Å². The van der Waals surface area contributed by atoms with Crippen LogP contribution in [0.1, 0.15) is 22.3 Å². The van der Waals surface area contributed by atoms with E-state index < -0.39 is 19.5 Å². The van der Waals surface area contributed by atoms with E-state index in [-0.39, 0.29) is 26.4 Å². The fourth-order valence-electron chi connectivity index (χ4n) is 4.20. The molecular weight excluding hydrogens is 579 g/mol. The maximum atomic E-state index is 13.3. The van der Waals surface area contributed by atoms with Gasteiger partial charge in [-0.1, -0.05) is 137 Å². The SMILES string of the molecule is O=P(OCCBr)(OCc1ccccc1)OC[C@H](O)COC(c1ccccc1)(c1ccccc1)c1ccccc1. The molecule has 0 radical (unpaired) electrons. The normalized spacial score (nSPS) is 14.0. The maximum Gasteiger partial charge on any atom is 0.475 e. The molecule has 0 aliphatic heterocycles. The number of phosphoric ester groups is 1. The van der Waals surface area contributed by atoms with E-state index in [9.17, 15) is 9.67 Å². The molecule has 0 amide bonds. The quantitative estimate of drug-likeness (QED) is 0.0878. The molecule has 4 aromatic carbocycles. The zero-order chi connectivity index (χ0) is 27.4. The highest BCUT2D eigenvalue weighted by Crippen LogP contribution is 2.50. The Morgan fingerprint density at radius 1 is 0.667 bits per heavy atom. The summed E-state index contributed by atoms with van der Waals surface area (Å²) in [7, 11) is -3.94. The summed E-state index contributed by atoms with van der Waals surface area (Å²) in [5, 5.41) is 11.4. The number of ether oxygens (including phenoxy) is 1. The maximum absolute atomic E-state index is 13.3. The van der Waals surface area contributed by atoms with Crippen molar-refractivity contribution < 1.29 is 28.0 Å². The van der Waals surface area contributed by atoms with E-state index >= 15 is 0 Å². The Kier molecular flexibility index (Phi) is 11.1. The zero-order valence-corrected chi connectivity index (χ0v) is 24.0. The molecule has 0 saturated heterocycles. The summed E-state index contributed by atoms with van der Waals surface area (Å²) < 4.78 is 36.4. The monoisotopic (exact) mass is 610 g/mol. The van der Waals surface area contributed by atoms with Gasteiger partial charge in [-0.05, 0) is 22.3 Å². The summed E-state index contributed by atoms with van der Waals surface area (Å²) in [5.41, 5.74) is 2.56. The second-order valence-electron chi connectivity index (χ2n) is 8.77. The fourth-order valence-corrected chi connectivity index (χ4v) is 5.81. The molecule has 4 aromatic rings. The molecule has 1 N–H and O–H groups in total. The lowest BCUT2D eigenvalue weighted by Gasteiger charge is -2.36. The van der Waals surface area contributed by atoms with Gasteiger partial charge in [0, 0.05) is 5.33 Å². The summed E-state index contributed by atoms with van der Waals surface area (Å²) >= 11 is 3.26. The Morgan fingerprint density at radius 3 is 1.59 bits per heavy atom. The van der Waals surface area contributed by atoms with Crippen LogP contribution in [0.4, 0.5) is 0 Å². The lowest BCUT2D eigenvalue weighted by atomic mass is 9.80. The standard InChI is InChI=1S/C31H32BrO6P/c32-21-22-36-39(34,37-23-26-13-5-1-6-14-26)38-25-30(33)24-35-31(27-15-7-2-8-16-27,28-17-9-3-10-18-28)29-19-11-4-12-20-29/h1-20,30,33H,21-25H2/t30-,39?/m1/s1. The van der Waals surface area contributed by atoms with E-state index in [2.05, 4.69) is 15.9 Å². The molecule has 8 heteroatoms. The summed E-state index contributed by atoms with van der Waals surface area (Å²) in [6.45, 7) is -0.234. The van der Waals surface area contributed by atoms with E-state index in [0.717, 1.165) is 22.3 Å². The first-order chi connectivity index (χ1) is 19.1. The number of phosphoric acid groups is 1. The van der Waals surface area contributed by atoms with Crippen LogP contribution in [0.25, 0.3) is 0 Å². The predicted molar refractivity (Wildman–Crippen MR) is 156 cm³/mol. The van der Waals surface area contributed by atoms with Crippen LogP contribution in [0.2, 0.25) is 0 Å². The Morgan fingerprint density at radius 2 is 1.13 bits per heavy atom. The summed E-state index contributed by atoms with van der Waals surface area (Å²) in [6, 6.07) is 38.9. The molecule has 204 valence electrons. The molecule has 0 bridgehead atoms. The highest BCUT2D eigenvalue weighted by atomic mass is 79.9. The Labute approximate surface area is 238 Å². The number of aliphatic hydroxyl groups excluding tert-OH is 1. The van der Waals surface area contributed by atoms with Gasteiger partial charge in [-0.15, -0.1) is 0 Å². The van der Waals surface area contributed by atoms with Crippen LogP contribution >= 0.6 is 23.8 Å². The van der Waals surface area contributed by atoms with Crippen molar-refractivity contribution in [3.8, 4) is 0 Å². The van der Waals surface area contributed by atoms with Crippen LogP contribution in [0.5, 0.6) is 0 Å². The van der Waals surface area contributed by atoms with Gasteiger partial charge in [0.25, 0.3) is 0 Å². The molecule has 0 heterocycles. The van der Waals surface area contributed by atoms with Crippen LogP contribution < -0.4 is 0 Å². The minimum Gasteiger partial charge on any atom is -0.388 e. The minimum atomic E-state index is -3.94. The number of hydrogen-bond donors (Lipinski definition) is 1. The molecular formula is C31H32BrO6P. The third-order valence-electron chi connectivity index (χ3n) is 6.02. The molecule has 1 unspecified atom stereocenters. The summed E-state index contributed by atoms with van der Waals surface area (Å²) in [4.78, 5) is 0. The molecule has 2 atom stereocenters. The molecule has 0 aromatic heterocycles. The van der Waals surface area contributed by atoms with Crippen LogP contribution in [-0.4, -0.2) is 36.4 Å². The van der Waals surface area contributed by atoms with Crippen molar-refractivity contribution in [3.63, 3.8) is 0 Å². The van der Waals surface area contributed by atoms with Gasteiger partial charge in [0.05, 0.1) is 26.4 Å². The Hall–Kier alpha value is -2.61. The zero-order valence-electron chi connectivity index (χ0n) is 21.5. The van der Waals surface area contributed by atoms with Crippen molar-refractivity contribution in [2.24, 2.45) is 0 Å². The largest absolute Gasteiger partial charge is 0.475 e. The van der Waals surface area contributed by atoms with Crippen molar-refractivity contribution in [3.05, 3.63) is 144 Å². The smallest absolute Gasteiger partial charge is 0.388 e. The van der Waals surface area contributed by atoms with Gasteiger partial charge in [-0.25, -0.2) is 4.57 Å². The third kappa shape index (κ3) is 7.96. The van der Waals surface area contributed by atoms with Crippen molar-refractivity contribution in [2.75, 3.05) is 25.2 Å². The van der Waals surface area contributed by atoms with E-state index in [1.54, 1.807) is 0 Å². The number of rotatable bonds is 15. The highest BCUT2D eigenvalue weighted by molar-refractivity contribution is 9.09. The molecule has 0 saturated carbocycles. The molecule has 0 spiro atoms. The van der Waals surface area contributed by atoms with Crippen molar-refractivity contribution in [1.29, 1.82) is 0 Å². The first-order valence-electron chi connectivity index (χ1n) is 12.7. The summed E-state index contributed by atoms with van der Waals surface area (Å²) in [6.07, 6.45) is -1.11. The van der Waals surface area contributed by atoms with Gasteiger partial charge in [0.15, 0.2) is 0 Å². The van der Waals surface area contributed by atoms with Crippen LogP contribution in [0.15, 0.2) is 121 Å². The van der Waals surface area contributed by atoms with E-state index in [1.165, 1.54) is 0 Å². The van der Waals surface area contributed by atoms with Crippen LogP contribution in [0, 0.1) is 0 Å². The average Bonchev–Trinajstić information content (AvgIpc) is 3.01. The van der Waals surface area contributed by atoms with Crippen molar-refractivity contribution in [2.45, 2.75) is 18.3 Å². The number of halogens is 1. The molecule has 0 aliphatic carbocycles. The molecule has 6 nitrogen and oxygen atoms in total. The third-order valence-corrected chi connectivity index (χ3v) is 7.75. The van der Waals surface area contributed by atoms with Crippen LogP contribution in [0.3, 0.4) is 0 Å². The second-order valence-corrected chi connectivity index (χ2v) is 11.2. The minimum absolute atomic E-state index is 0.0477. The first-order valence-corrected chi connectivity index (χ1v) is 15.3. The molecule has 0 fully saturated rings. The van der Waals surface area contributed by atoms with Gasteiger partial charge < -0.3 is 9.84 Å². The summed E-state index contributed by atoms with van der Waals surface area (Å²) in [5.74, 6) is 0. The van der Waals surface area contributed by atoms with Gasteiger partial charge in [0.1, 0.15) is 11.7 Å². The Balaban J connectivity index is 1.52.